The van der Waals surface area contributed by atoms with Crippen LogP contribution in [0.25, 0.3) is 5.69 Å². The summed E-state index contributed by atoms with van der Waals surface area (Å²) >= 11 is 0. The van der Waals surface area contributed by atoms with Crippen molar-refractivity contribution >= 4 is 6.21 Å². The van der Waals surface area contributed by atoms with Gasteiger partial charge in [0.1, 0.15) is 11.4 Å². The normalized spacial score (nSPS) is 11.2. The molecule has 0 fully saturated rings. The lowest BCUT2D eigenvalue weighted by Crippen LogP contribution is -2.31. The molecule has 0 saturated carbocycles. The van der Waals surface area contributed by atoms with Crippen molar-refractivity contribution in [2.75, 3.05) is 0 Å². The van der Waals surface area contributed by atoms with E-state index in [-0.39, 0.29) is 12.1 Å². The van der Waals surface area contributed by atoms with Crippen LogP contribution in [0.4, 0.5) is 4.39 Å². The van der Waals surface area contributed by atoms with Crippen LogP contribution >= 0.6 is 0 Å². The fourth-order valence-electron chi connectivity index (χ4n) is 2.55. The van der Waals surface area contributed by atoms with Gasteiger partial charge in [0.25, 0.3) is 5.56 Å². The van der Waals surface area contributed by atoms with Gasteiger partial charge in [-0.2, -0.15) is 0 Å². The van der Waals surface area contributed by atoms with Crippen LogP contribution in [0.15, 0.2) is 63.1 Å². The molecule has 0 aliphatic heterocycles. The van der Waals surface area contributed by atoms with Gasteiger partial charge >= 0.3 is 5.69 Å². The molecule has 6 nitrogen and oxygen atoms in total. The highest BCUT2D eigenvalue weighted by atomic mass is 19.1. The Balaban J connectivity index is 2.03. The van der Waals surface area contributed by atoms with Crippen LogP contribution in [0.3, 0.4) is 0 Å². The van der Waals surface area contributed by atoms with Crippen molar-refractivity contribution in [3.05, 3.63) is 91.9 Å². The number of benzene rings is 2. The first kappa shape index (κ1) is 17.3. The van der Waals surface area contributed by atoms with E-state index in [1.165, 1.54) is 6.07 Å². The van der Waals surface area contributed by atoms with Gasteiger partial charge in [0.05, 0.1) is 12.2 Å². The Morgan fingerprint density at radius 1 is 1.15 bits per heavy atom. The molecule has 2 aromatic carbocycles. The van der Waals surface area contributed by atoms with E-state index in [0.717, 1.165) is 16.3 Å². The van der Waals surface area contributed by atoms with Crippen LogP contribution in [0.1, 0.15) is 16.7 Å². The number of aromatic nitrogens is 2. The maximum absolute atomic E-state index is 13.6. The Kier molecular flexibility index (Phi) is 4.79. The predicted molar refractivity (Wildman–Crippen MR) is 96.8 cm³/mol. The Hall–Kier alpha value is -3.48. The van der Waals surface area contributed by atoms with Gasteiger partial charge in [-0.25, -0.2) is 13.8 Å². The SMILES string of the molecule is Cc1ccccc1-n1c(O)c(C=NCc2ccccc2F)c(=O)[nH]c1=O. The number of rotatable bonds is 4. The summed E-state index contributed by atoms with van der Waals surface area (Å²) in [5, 5.41) is 10.5. The molecule has 1 aromatic heterocycles. The molecule has 2 N–H and O–H groups in total. The molecule has 0 atom stereocenters. The third-order valence-electron chi connectivity index (χ3n) is 3.92. The molecule has 1 heterocycles. The monoisotopic (exact) mass is 353 g/mol. The molecule has 3 rings (SSSR count). The maximum atomic E-state index is 13.6. The first-order valence-electron chi connectivity index (χ1n) is 7.86. The van der Waals surface area contributed by atoms with Crippen molar-refractivity contribution in [3.63, 3.8) is 0 Å². The number of hydrogen-bond acceptors (Lipinski definition) is 4. The molecule has 0 unspecified atom stereocenters. The average molecular weight is 353 g/mol. The number of para-hydroxylation sites is 1. The van der Waals surface area contributed by atoms with E-state index in [0.29, 0.717) is 11.3 Å². The highest BCUT2D eigenvalue weighted by molar-refractivity contribution is 5.82. The van der Waals surface area contributed by atoms with E-state index < -0.39 is 22.9 Å². The van der Waals surface area contributed by atoms with E-state index in [9.17, 15) is 19.1 Å². The summed E-state index contributed by atoms with van der Waals surface area (Å²) in [4.78, 5) is 30.4. The molecular formula is C19H16FN3O3. The highest BCUT2D eigenvalue weighted by Gasteiger charge is 2.15. The molecule has 132 valence electrons. The van der Waals surface area contributed by atoms with Gasteiger partial charge in [-0.1, -0.05) is 36.4 Å². The molecule has 0 spiro atoms. The van der Waals surface area contributed by atoms with Crippen molar-refractivity contribution in [2.45, 2.75) is 13.5 Å². The van der Waals surface area contributed by atoms with Gasteiger partial charge in [0, 0.05) is 11.8 Å². The van der Waals surface area contributed by atoms with Crippen molar-refractivity contribution < 1.29 is 9.50 Å². The van der Waals surface area contributed by atoms with E-state index in [1.54, 1.807) is 49.4 Å². The maximum Gasteiger partial charge on any atom is 0.335 e. The van der Waals surface area contributed by atoms with Crippen LogP contribution in [0.2, 0.25) is 0 Å². The summed E-state index contributed by atoms with van der Waals surface area (Å²) in [5.41, 5.74) is -0.167. The molecule has 0 aliphatic rings. The van der Waals surface area contributed by atoms with Gasteiger partial charge in [-0.3, -0.25) is 14.8 Å². The van der Waals surface area contributed by atoms with Gasteiger partial charge in [-0.05, 0) is 24.6 Å². The number of aryl methyl sites for hydroxylation is 1. The Labute approximate surface area is 147 Å². The molecular weight excluding hydrogens is 337 g/mol. The first-order valence-corrected chi connectivity index (χ1v) is 7.86. The summed E-state index contributed by atoms with van der Waals surface area (Å²) in [6.45, 7) is 1.77. The van der Waals surface area contributed by atoms with E-state index in [4.69, 9.17) is 0 Å². The van der Waals surface area contributed by atoms with Crippen molar-refractivity contribution in [2.24, 2.45) is 4.99 Å². The van der Waals surface area contributed by atoms with E-state index in [1.807, 2.05) is 0 Å². The highest BCUT2D eigenvalue weighted by Crippen LogP contribution is 2.18. The number of aromatic hydroxyl groups is 1. The summed E-state index contributed by atoms with van der Waals surface area (Å²) in [6, 6.07) is 13.1. The van der Waals surface area contributed by atoms with Gasteiger partial charge in [0.2, 0.25) is 5.88 Å². The Morgan fingerprint density at radius 3 is 2.58 bits per heavy atom. The van der Waals surface area contributed by atoms with Gasteiger partial charge < -0.3 is 5.11 Å². The molecule has 0 saturated heterocycles. The predicted octanol–water partition coefficient (Wildman–Crippen LogP) is 2.30. The second kappa shape index (κ2) is 7.18. The first-order chi connectivity index (χ1) is 12.5. The lowest BCUT2D eigenvalue weighted by Gasteiger charge is -2.11. The lowest BCUT2D eigenvalue weighted by atomic mass is 10.2. The number of H-pyrrole nitrogens is 1. The summed E-state index contributed by atoms with van der Waals surface area (Å²) < 4.78 is 14.6. The molecule has 0 bridgehead atoms. The molecule has 3 aromatic rings. The third kappa shape index (κ3) is 3.32. The fourth-order valence-corrected chi connectivity index (χ4v) is 2.55. The zero-order chi connectivity index (χ0) is 18.7. The van der Waals surface area contributed by atoms with E-state index in [2.05, 4.69) is 9.98 Å². The molecule has 0 amide bonds. The topological polar surface area (TPSA) is 87.4 Å². The summed E-state index contributed by atoms with van der Waals surface area (Å²) in [5.74, 6) is -0.932. The molecule has 0 aliphatic carbocycles. The number of halogens is 1. The summed E-state index contributed by atoms with van der Waals surface area (Å²) in [7, 11) is 0. The van der Waals surface area contributed by atoms with Crippen LogP contribution in [-0.2, 0) is 6.54 Å². The third-order valence-corrected chi connectivity index (χ3v) is 3.92. The zero-order valence-electron chi connectivity index (χ0n) is 13.9. The number of aromatic amines is 1. The minimum Gasteiger partial charge on any atom is -0.493 e. The van der Waals surface area contributed by atoms with Crippen LogP contribution in [0, 0.1) is 12.7 Å². The number of aliphatic imine (C=N–C) groups is 1. The lowest BCUT2D eigenvalue weighted by molar-refractivity contribution is 0.430. The number of nitrogens with one attached hydrogen (secondary N) is 1. The van der Waals surface area contributed by atoms with Crippen LogP contribution in [0.5, 0.6) is 5.88 Å². The van der Waals surface area contributed by atoms with Gasteiger partial charge in [0.15, 0.2) is 0 Å². The molecule has 0 radical (unpaired) electrons. The van der Waals surface area contributed by atoms with Crippen LogP contribution < -0.4 is 11.2 Å². The van der Waals surface area contributed by atoms with E-state index >= 15 is 0 Å². The second-order valence-electron chi connectivity index (χ2n) is 5.68. The number of hydrogen-bond donors (Lipinski definition) is 2. The molecule has 26 heavy (non-hydrogen) atoms. The Morgan fingerprint density at radius 2 is 1.85 bits per heavy atom. The minimum atomic E-state index is -0.769. The average Bonchev–Trinajstić information content (AvgIpc) is 2.60. The fraction of sp³-hybridized carbons (Fsp3) is 0.105. The van der Waals surface area contributed by atoms with Gasteiger partial charge in [-0.15, -0.1) is 0 Å². The Bertz CT molecular complexity index is 1100. The largest absolute Gasteiger partial charge is 0.493 e. The second-order valence-corrected chi connectivity index (χ2v) is 5.68. The minimum absolute atomic E-state index is 0.00492. The zero-order valence-corrected chi connectivity index (χ0v) is 13.9. The summed E-state index contributed by atoms with van der Waals surface area (Å²) in [6.07, 6.45) is 1.13. The van der Waals surface area contributed by atoms with Crippen molar-refractivity contribution in [1.29, 1.82) is 0 Å². The standard InChI is InChI=1S/C19H16FN3O3/c1-12-6-2-5-9-16(12)23-18(25)14(17(24)22-19(23)26)11-21-10-13-7-3-4-8-15(13)20/h2-9,11,25H,10H2,1H3,(H,22,24,26). The number of nitrogens with zero attached hydrogens (tertiary/aromatic N) is 2. The molecule has 7 heteroatoms. The van der Waals surface area contributed by atoms with Crippen molar-refractivity contribution in [1.82, 2.24) is 9.55 Å². The van der Waals surface area contributed by atoms with Crippen molar-refractivity contribution in [3.8, 4) is 11.6 Å². The quantitative estimate of drug-likeness (QED) is 0.706. The smallest absolute Gasteiger partial charge is 0.335 e. The van der Waals surface area contributed by atoms with Crippen LogP contribution in [-0.4, -0.2) is 20.9 Å².